The van der Waals surface area contributed by atoms with Crippen LogP contribution in [-0.2, 0) is 15.8 Å². The Morgan fingerprint density at radius 2 is 1.95 bits per heavy atom. The molecular formula is C12H8F3NO3S2. The van der Waals surface area contributed by atoms with Crippen LogP contribution in [0.4, 0.5) is 13.2 Å². The lowest BCUT2D eigenvalue weighted by atomic mass is 10.2. The van der Waals surface area contributed by atoms with Crippen molar-refractivity contribution in [1.82, 2.24) is 4.90 Å². The summed E-state index contributed by atoms with van der Waals surface area (Å²) in [6.07, 6.45) is -4.45. The molecule has 2 rings (SSSR count). The highest BCUT2D eigenvalue weighted by Gasteiger charge is 2.31. The fourth-order valence-electron chi connectivity index (χ4n) is 1.54. The van der Waals surface area contributed by atoms with E-state index in [1.54, 1.807) is 0 Å². The Kier molecular flexibility index (Phi) is 4.52. The first-order chi connectivity index (χ1) is 9.77. The summed E-state index contributed by atoms with van der Waals surface area (Å²) in [5.41, 5.74) is -0.838. The fraction of sp³-hybridized carbons (Fsp3) is 0.250. The summed E-state index contributed by atoms with van der Waals surface area (Å²) < 4.78 is 42.3. The number of amides is 1. The molecule has 0 saturated carbocycles. The summed E-state index contributed by atoms with van der Waals surface area (Å²) in [7, 11) is 0. The molecule has 0 aromatic heterocycles. The molecule has 1 aromatic rings. The van der Waals surface area contributed by atoms with E-state index in [1.165, 1.54) is 0 Å². The molecule has 1 aliphatic rings. The van der Waals surface area contributed by atoms with E-state index in [4.69, 9.17) is 17.0 Å². The number of alkyl halides is 3. The molecule has 0 N–H and O–H groups in total. The van der Waals surface area contributed by atoms with Crippen LogP contribution in [0.1, 0.15) is 5.56 Å². The maximum absolute atomic E-state index is 12.4. The summed E-state index contributed by atoms with van der Waals surface area (Å²) >= 11 is 6.04. The first-order valence-electron chi connectivity index (χ1n) is 5.62. The minimum atomic E-state index is -4.45. The van der Waals surface area contributed by atoms with Crippen molar-refractivity contribution in [2.24, 2.45) is 0 Å². The van der Waals surface area contributed by atoms with Gasteiger partial charge in [0.25, 0.3) is 0 Å². The third-order valence-electron chi connectivity index (χ3n) is 2.54. The molecule has 0 spiro atoms. The van der Waals surface area contributed by atoms with Crippen LogP contribution in [0.15, 0.2) is 24.3 Å². The number of carbonyl (C=O) groups is 2. The van der Waals surface area contributed by atoms with Crippen molar-refractivity contribution in [2.75, 3.05) is 12.3 Å². The highest BCUT2D eigenvalue weighted by molar-refractivity contribution is 8.23. The van der Waals surface area contributed by atoms with Crippen LogP contribution in [0.2, 0.25) is 0 Å². The zero-order chi connectivity index (χ0) is 15.6. The van der Waals surface area contributed by atoms with Gasteiger partial charge in [-0.1, -0.05) is 24.0 Å². The molecule has 1 fully saturated rings. The van der Waals surface area contributed by atoms with E-state index in [2.05, 4.69) is 0 Å². The molecule has 4 nitrogen and oxygen atoms in total. The lowest BCUT2D eigenvalue weighted by Gasteiger charge is -2.14. The SMILES string of the molecule is O=C(CN1C(=O)CSC1=S)Oc1ccc(C(F)(F)F)cc1. The Bertz CT molecular complexity index is 570. The highest BCUT2D eigenvalue weighted by Crippen LogP contribution is 2.30. The number of thiocarbonyl (C=S) groups is 1. The van der Waals surface area contributed by atoms with Crippen molar-refractivity contribution in [1.29, 1.82) is 0 Å². The van der Waals surface area contributed by atoms with Gasteiger partial charge in [0.15, 0.2) is 0 Å². The van der Waals surface area contributed by atoms with Gasteiger partial charge in [0.1, 0.15) is 16.6 Å². The molecule has 9 heteroatoms. The fourth-order valence-corrected chi connectivity index (χ4v) is 2.61. The first-order valence-corrected chi connectivity index (χ1v) is 7.02. The number of hydrogen-bond donors (Lipinski definition) is 0. The number of carbonyl (C=O) groups excluding carboxylic acids is 2. The number of halogens is 3. The van der Waals surface area contributed by atoms with Crippen molar-refractivity contribution >= 4 is 40.2 Å². The summed E-state index contributed by atoms with van der Waals surface area (Å²) in [5.74, 6) is -0.924. The minimum absolute atomic E-state index is 0.0294. The number of hydrogen-bond acceptors (Lipinski definition) is 5. The van der Waals surface area contributed by atoms with Crippen LogP contribution in [-0.4, -0.2) is 33.4 Å². The number of esters is 1. The van der Waals surface area contributed by atoms with Crippen molar-refractivity contribution in [3.8, 4) is 5.75 Å². The topological polar surface area (TPSA) is 46.6 Å². The van der Waals surface area contributed by atoms with Gasteiger partial charge >= 0.3 is 12.1 Å². The maximum Gasteiger partial charge on any atom is 0.416 e. The van der Waals surface area contributed by atoms with Crippen molar-refractivity contribution < 1.29 is 27.5 Å². The molecule has 112 valence electrons. The lowest BCUT2D eigenvalue weighted by molar-refractivity contribution is -0.138. The van der Waals surface area contributed by atoms with E-state index in [1.807, 2.05) is 0 Å². The normalized spacial score (nSPS) is 15.5. The van der Waals surface area contributed by atoms with Gasteiger partial charge in [-0.05, 0) is 24.3 Å². The van der Waals surface area contributed by atoms with Crippen molar-refractivity contribution in [3.63, 3.8) is 0 Å². The smallest absolute Gasteiger partial charge is 0.416 e. The zero-order valence-electron chi connectivity index (χ0n) is 10.3. The Hall–Kier alpha value is -1.61. The van der Waals surface area contributed by atoms with Gasteiger partial charge in [-0.3, -0.25) is 9.69 Å². The Morgan fingerprint density at radius 3 is 2.43 bits per heavy atom. The zero-order valence-corrected chi connectivity index (χ0v) is 12.0. The van der Waals surface area contributed by atoms with E-state index in [0.717, 1.165) is 40.9 Å². The van der Waals surface area contributed by atoms with Crippen LogP contribution in [0.5, 0.6) is 5.75 Å². The number of thioether (sulfide) groups is 1. The predicted octanol–water partition coefficient (Wildman–Crippen LogP) is 2.47. The standard InChI is InChI=1S/C12H8F3NO3S2/c13-12(14,15)7-1-3-8(4-2-7)19-10(18)5-16-9(17)6-21-11(16)20/h1-4H,5-6H2. The molecule has 0 bridgehead atoms. The average Bonchev–Trinajstić information content (AvgIpc) is 2.70. The van der Waals surface area contributed by atoms with E-state index in [9.17, 15) is 22.8 Å². The molecule has 1 aromatic carbocycles. The highest BCUT2D eigenvalue weighted by atomic mass is 32.2. The Balaban J connectivity index is 1.97. The monoisotopic (exact) mass is 335 g/mol. The summed E-state index contributed by atoms with van der Waals surface area (Å²) in [6.45, 7) is -0.355. The predicted molar refractivity (Wildman–Crippen MR) is 73.8 cm³/mol. The number of ether oxygens (including phenoxy) is 1. The Morgan fingerprint density at radius 1 is 1.33 bits per heavy atom. The van der Waals surface area contributed by atoms with Gasteiger partial charge in [0.05, 0.1) is 11.3 Å². The maximum atomic E-state index is 12.4. The second kappa shape index (κ2) is 6.02. The summed E-state index contributed by atoms with van der Waals surface area (Å²) in [4.78, 5) is 24.2. The Labute approximate surface area is 127 Å². The van der Waals surface area contributed by atoms with Gasteiger partial charge in [-0.25, -0.2) is 4.79 Å². The van der Waals surface area contributed by atoms with Crippen LogP contribution < -0.4 is 4.74 Å². The molecule has 1 saturated heterocycles. The third-order valence-corrected chi connectivity index (χ3v) is 3.97. The van der Waals surface area contributed by atoms with Crippen LogP contribution in [0.25, 0.3) is 0 Å². The van der Waals surface area contributed by atoms with Gasteiger partial charge in [-0.2, -0.15) is 13.2 Å². The number of nitrogens with zero attached hydrogens (tertiary/aromatic N) is 1. The molecule has 1 heterocycles. The number of rotatable bonds is 3. The van der Waals surface area contributed by atoms with Crippen molar-refractivity contribution in [2.45, 2.75) is 6.18 Å². The van der Waals surface area contributed by atoms with Gasteiger partial charge < -0.3 is 4.74 Å². The molecule has 0 radical (unpaired) electrons. The first kappa shape index (κ1) is 15.8. The second-order valence-corrected chi connectivity index (χ2v) is 5.64. The summed E-state index contributed by atoms with van der Waals surface area (Å²) in [6, 6.07) is 3.70. The van der Waals surface area contributed by atoms with Crippen molar-refractivity contribution in [3.05, 3.63) is 29.8 Å². The molecule has 0 unspecified atom stereocenters. The quantitative estimate of drug-likeness (QED) is 0.482. The molecule has 0 atom stereocenters. The van der Waals surface area contributed by atoms with Gasteiger partial charge in [0, 0.05) is 0 Å². The lowest BCUT2D eigenvalue weighted by Crippen LogP contribution is -2.35. The minimum Gasteiger partial charge on any atom is -0.425 e. The van der Waals surface area contributed by atoms with E-state index in [-0.39, 0.29) is 28.3 Å². The molecule has 1 aliphatic heterocycles. The van der Waals surface area contributed by atoms with E-state index >= 15 is 0 Å². The average molecular weight is 335 g/mol. The molecule has 0 aliphatic carbocycles. The second-order valence-electron chi connectivity index (χ2n) is 4.03. The molecule has 1 amide bonds. The third kappa shape index (κ3) is 3.94. The van der Waals surface area contributed by atoms with Crippen LogP contribution in [0, 0.1) is 0 Å². The number of benzene rings is 1. The molecular weight excluding hydrogens is 327 g/mol. The van der Waals surface area contributed by atoms with Gasteiger partial charge in [0.2, 0.25) is 5.91 Å². The van der Waals surface area contributed by atoms with E-state index in [0.29, 0.717) is 0 Å². The summed E-state index contributed by atoms with van der Waals surface area (Å²) in [5, 5.41) is 0. The largest absolute Gasteiger partial charge is 0.425 e. The van der Waals surface area contributed by atoms with Gasteiger partial charge in [-0.15, -0.1) is 0 Å². The van der Waals surface area contributed by atoms with E-state index < -0.39 is 17.7 Å². The van der Waals surface area contributed by atoms with Crippen LogP contribution in [0.3, 0.4) is 0 Å². The van der Waals surface area contributed by atoms with Crippen LogP contribution >= 0.6 is 24.0 Å². The molecule has 21 heavy (non-hydrogen) atoms.